The summed E-state index contributed by atoms with van der Waals surface area (Å²) in [6, 6.07) is 6.14. The quantitative estimate of drug-likeness (QED) is 0.868. The number of aliphatic hydroxyl groups excluding tert-OH is 1. The van der Waals surface area contributed by atoms with Gasteiger partial charge in [0.15, 0.2) is 0 Å². The minimum absolute atomic E-state index is 0.0523. The zero-order valence-corrected chi connectivity index (χ0v) is 9.07. The maximum absolute atomic E-state index is 12.2. The van der Waals surface area contributed by atoms with Gasteiger partial charge in [-0.05, 0) is 36.8 Å². The number of para-hydroxylation sites is 1. The maximum Gasteiger partial charge on any atom is 0.573 e. The van der Waals surface area contributed by atoms with Gasteiger partial charge in [-0.15, -0.1) is 13.2 Å². The van der Waals surface area contributed by atoms with E-state index in [9.17, 15) is 18.3 Å². The molecule has 1 fully saturated rings. The first kappa shape index (κ1) is 12.2. The highest BCUT2D eigenvalue weighted by atomic mass is 19.4. The molecule has 0 spiro atoms. The van der Waals surface area contributed by atoms with Gasteiger partial charge in [0.25, 0.3) is 0 Å². The van der Waals surface area contributed by atoms with Crippen molar-refractivity contribution in [3.8, 4) is 5.75 Å². The third-order valence-electron chi connectivity index (χ3n) is 2.99. The van der Waals surface area contributed by atoms with E-state index >= 15 is 0 Å². The fraction of sp³-hybridized carbons (Fsp3) is 0.500. The molecule has 0 bridgehead atoms. The molecule has 0 radical (unpaired) electrons. The van der Waals surface area contributed by atoms with Gasteiger partial charge in [-0.3, -0.25) is 0 Å². The van der Waals surface area contributed by atoms with Crippen molar-refractivity contribution in [3.63, 3.8) is 0 Å². The largest absolute Gasteiger partial charge is 0.573 e. The van der Waals surface area contributed by atoms with Crippen molar-refractivity contribution in [2.45, 2.75) is 37.6 Å². The van der Waals surface area contributed by atoms with E-state index in [1.165, 1.54) is 12.1 Å². The molecule has 1 saturated carbocycles. The Kier molecular flexibility index (Phi) is 3.28. The second kappa shape index (κ2) is 4.56. The molecule has 0 saturated heterocycles. The van der Waals surface area contributed by atoms with Gasteiger partial charge >= 0.3 is 6.36 Å². The number of benzene rings is 1. The Morgan fingerprint density at radius 1 is 1.18 bits per heavy atom. The first-order chi connectivity index (χ1) is 7.96. The smallest absolute Gasteiger partial charge is 0.405 e. The average molecular weight is 246 g/mol. The number of halogens is 3. The van der Waals surface area contributed by atoms with Crippen LogP contribution in [0.1, 0.15) is 30.7 Å². The Morgan fingerprint density at radius 3 is 2.47 bits per heavy atom. The van der Waals surface area contributed by atoms with Crippen LogP contribution in [-0.2, 0) is 0 Å². The highest BCUT2D eigenvalue weighted by molar-refractivity contribution is 5.37. The van der Waals surface area contributed by atoms with Crippen molar-refractivity contribution in [1.82, 2.24) is 0 Å². The third kappa shape index (κ3) is 3.12. The highest BCUT2D eigenvalue weighted by Gasteiger charge is 2.34. The lowest BCUT2D eigenvalue weighted by Gasteiger charge is -2.17. The summed E-state index contributed by atoms with van der Waals surface area (Å²) in [6.45, 7) is 0. The molecule has 2 atom stereocenters. The molecular weight excluding hydrogens is 233 g/mol. The number of aliphatic hydroxyl groups is 1. The Morgan fingerprint density at radius 2 is 1.88 bits per heavy atom. The summed E-state index contributed by atoms with van der Waals surface area (Å²) in [6.07, 6.45) is -3.27. The fourth-order valence-electron chi connectivity index (χ4n) is 2.28. The summed E-state index contributed by atoms with van der Waals surface area (Å²) in [5.41, 5.74) is 0.529. The second-order valence-electron chi connectivity index (χ2n) is 4.25. The lowest BCUT2D eigenvalue weighted by atomic mass is 9.97. The molecule has 0 amide bonds. The van der Waals surface area contributed by atoms with Gasteiger partial charge < -0.3 is 9.84 Å². The molecule has 17 heavy (non-hydrogen) atoms. The molecule has 1 aromatic rings. The fourth-order valence-corrected chi connectivity index (χ4v) is 2.28. The van der Waals surface area contributed by atoms with Gasteiger partial charge in [0.2, 0.25) is 0 Å². The minimum Gasteiger partial charge on any atom is -0.405 e. The van der Waals surface area contributed by atoms with Crippen molar-refractivity contribution < 1.29 is 23.0 Å². The predicted molar refractivity (Wildman–Crippen MR) is 55.7 cm³/mol. The van der Waals surface area contributed by atoms with Crippen LogP contribution in [0.3, 0.4) is 0 Å². The molecule has 1 aliphatic carbocycles. The van der Waals surface area contributed by atoms with Crippen LogP contribution in [0, 0.1) is 0 Å². The van der Waals surface area contributed by atoms with Gasteiger partial charge in [-0.1, -0.05) is 18.2 Å². The van der Waals surface area contributed by atoms with E-state index in [1.54, 1.807) is 12.1 Å². The zero-order valence-electron chi connectivity index (χ0n) is 9.07. The van der Waals surface area contributed by atoms with Crippen LogP contribution in [0.2, 0.25) is 0 Å². The second-order valence-corrected chi connectivity index (χ2v) is 4.25. The lowest BCUT2D eigenvalue weighted by molar-refractivity contribution is -0.275. The normalized spacial score (nSPS) is 24.9. The maximum atomic E-state index is 12.2. The van der Waals surface area contributed by atoms with Gasteiger partial charge in [0.05, 0.1) is 6.10 Å². The van der Waals surface area contributed by atoms with E-state index in [2.05, 4.69) is 4.74 Å². The SMILES string of the molecule is OC1CCC(c2ccccc2OC(F)(F)F)C1. The van der Waals surface area contributed by atoms with E-state index in [0.29, 0.717) is 24.8 Å². The molecule has 0 aromatic heterocycles. The van der Waals surface area contributed by atoms with Crippen LogP contribution in [0.5, 0.6) is 5.75 Å². The van der Waals surface area contributed by atoms with Crippen LogP contribution >= 0.6 is 0 Å². The van der Waals surface area contributed by atoms with E-state index < -0.39 is 12.5 Å². The van der Waals surface area contributed by atoms with E-state index in [1.807, 2.05) is 0 Å². The first-order valence-electron chi connectivity index (χ1n) is 5.48. The summed E-state index contributed by atoms with van der Waals surface area (Å²) >= 11 is 0. The lowest BCUT2D eigenvalue weighted by Crippen LogP contribution is -2.18. The molecule has 1 N–H and O–H groups in total. The Labute approximate surface area is 97.0 Å². The summed E-state index contributed by atoms with van der Waals surface area (Å²) < 4.78 is 40.6. The molecular formula is C12H13F3O2. The predicted octanol–water partition coefficient (Wildman–Crippen LogP) is 3.21. The Hall–Kier alpha value is -1.23. The number of hydrogen-bond acceptors (Lipinski definition) is 2. The Bertz CT molecular complexity index is 390. The average Bonchev–Trinajstić information content (AvgIpc) is 2.63. The van der Waals surface area contributed by atoms with Crippen LogP contribution < -0.4 is 4.74 Å². The van der Waals surface area contributed by atoms with Gasteiger partial charge in [-0.2, -0.15) is 0 Å². The van der Waals surface area contributed by atoms with E-state index in [4.69, 9.17) is 0 Å². The minimum atomic E-state index is -4.67. The monoisotopic (exact) mass is 246 g/mol. The van der Waals surface area contributed by atoms with Crippen molar-refractivity contribution in [3.05, 3.63) is 29.8 Å². The topological polar surface area (TPSA) is 29.5 Å². The van der Waals surface area contributed by atoms with Crippen LogP contribution in [0.25, 0.3) is 0 Å². The molecule has 94 valence electrons. The van der Waals surface area contributed by atoms with Gasteiger partial charge in [0, 0.05) is 0 Å². The summed E-state index contributed by atoms with van der Waals surface area (Å²) in [5, 5.41) is 9.42. The van der Waals surface area contributed by atoms with Crippen molar-refractivity contribution in [2.24, 2.45) is 0 Å². The van der Waals surface area contributed by atoms with Crippen molar-refractivity contribution in [2.75, 3.05) is 0 Å². The number of hydrogen-bond donors (Lipinski definition) is 1. The van der Waals surface area contributed by atoms with Gasteiger partial charge in [0.1, 0.15) is 5.75 Å². The molecule has 2 unspecified atom stereocenters. The van der Waals surface area contributed by atoms with Gasteiger partial charge in [-0.25, -0.2) is 0 Å². The number of ether oxygens (including phenoxy) is 1. The molecule has 0 heterocycles. The standard InChI is InChI=1S/C12H13F3O2/c13-12(14,15)17-11-4-2-1-3-10(11)8-5-6-9(16)7-8/h1-4,8-9,16H,5-7H2. The molecule has 2 nitrogen and oxygen atoms in total. The molecule has 1 aromatic carbocycles. The van der Waals surface area contributed by atoms with Crippen molar-refractivity contribution in [1.29, 1.82) is 0 Å². The summed E-state index contributed by atoms with van der Waals surface area (Å²) in [7, 11) is 0. The van der Waals surface area contributed by atoms with Crippen molar-refractivity contribution >= 4 is 0 Å². The molecule has 1 aliphatic rings. The Balaban J connectivity index is 2.22. The van der Waals surface area contributed by atoms with E-state index in [0.717, 1.165) is 0 Å². The highest BCUT2D eigenvalue weighted by Crippen LogP contribution is 2.40. The number of rotatable bonds is 2. The molecule has 5 heteroatoms. The van der Waals surface area contributed by atoms with E-state index in [-0.39, 0.29) is 11.7 Å². The number of alkyl halides is 3. The van der Waals surface area contributed by atoms with Crippen LogP contribution in [0.15, 0.2) is 24.3 Å². The third-order valence-corrected chi connectivity index (χ3v) is 2.99. The summed E-state index contributed by atoms with van der Waals surface area (Å²) in [5.74, 6) is -0.206. The molecule has 0 aliphatic heterocycles. The molecule has 2 rings (SSSR count). The zero-order chi connectivity index (χ0) is 12.5. The van der Waals surface area contributed by atoms with Crippen LogP contribution in [-0.4, -0.2) is 17.6 Å². The van der Waals surface area contributed by atoms with Crippen LogP contribution in [0.4, 0.5) is 13.2 Å². The summed E-state index contributed by atoms with van der Waals surface area (Å²) in [4.78, 5) is 0. The first-order valence-corrected chi connectivity index (χ1v) is 5.48.